The number of aromatic nitrogens is 3. The number of likely N-dealkylation sites (tertiary alicyclic amines) is 1. The van der Waals surface area contributed by atoms with Crippen LogP contribution in [0.15, 0.2) is 30.7 Å². The van der Waals surface area contributed by atoms with Crippen molar-refractivity contribution in [3.05, 3.63) is 41.9 Å². The van der Waals surface area contributed by atoms with Gasteiger partial charge in [-0.25, -0.2) is 4.98 Å². The molecule has 2 aromatic rings. The highest BCUT2D eigenvalue weighted by Gasteiger charge is 2.35. The number of rotatable bonds is 3. The SMILES string of the molecule is C[C@@H]1CC[C@@H](c2cn[nH]c2)N(C(=O)C(=O)Nc2ncccc2C(N)=O)C1. The van der Waals surface area contributed by atoms with Crippen molar-refractivity contribution in [2.75, 3.05) is 11.9 Å². The summed E-state index contributed by atoms with van der Waals surface area (Å²) in [5.41, 5.74) is 6.18. The van der Waals surface area contributed by atoms with E-state index in [1.54, 1.807) is 17.3 Å². The summed E-state index contributed by atoms with van der Waals surface area (Å²) in [6.07, 6.45) is 6.48. The summed E-state index contributed by atoms with van der Waals surface area (Å²) < 4.78 is 0. The second-order valence-corrected chi connectivity index (χ2v) is 6.41. The van der Waals surface area contributed by atoms with E-state index in [0.717, 1.165) is 18.4 Å². The van der Waals surface area contributed by atoms with Crippen LogP contribution in [0.25, 0.3) is 0 Å². The lowest BCUT2D eigenvalue weighted by Crippen LogP contribution is -2.46. The van der Waals surface area contributed by atoms with Gasteiger partial charge in [-0.2, -0.15) is 5.10 Å². The first-order valence-electron chi connectivity index (χ1n) is 8.32. The number of piperidine rings is 1. The topological polar surface area (TPSA) is 134 Å². The molecule has 2 atom stereocenters. The van der Waals surface area contributed by atoms with E-state index < -0.39 is 17.7 Å². The van der Waals surface area contributed by atoms with Gasteiger partial charge in [-0.3, -0.25) is 19.5 Å². The van der Waals surface area contributed by atoms with E-state index in [9.17, 15) is 14.4 Å². The molecule has 0 radical (unpaired) electrons. The molecule has 0 bridgehead atoms. The molecule has 1 aliphatic heterocycles. The third-order valence-electron chi connectivity index (χ3n) is 4.48. The second kappa shape index (κ2) is 7.34. The van der Waals surface area contributed by atoms with Crippen LogP contribution in [0.4, 0.5) is 5.82 Å². The number of amides is 3. The van der Waals surface area contributed by atoms with Gasteiger partial charge in [-0.15, -0.1) is 0 Å². The zero-order chi connectivity index (χ0) is 18.7. The Morgan fingerprint density at radius 2 is 2.15 bits per heavy atom. The van der Waals surface area contributed by atoms with Crippen LogP contribution in [0.3, 0.4) is 0 Å². The molecule has 1 aliphatic rings. The number of hydrogen-bond acceptors (Lipinski definition) is 5. The molecule has 26 heavy (non-hydrogen) atoms. The van der Waals surface area contributed by atoms with E-state index in [2.05, 4.69) is 20.5 Å². The molecule has 0 aromatic carbocycles. The fraction of sp³-hybridized carbons (Fsp3) is 0.353. The molecule has 9 nitrogen and oxygen atoms in total. The molecule has 3 amide bonds. The first kappa shape index (κ1) is 17.6. The fourth-order valence-corrected chi connectivity index (χ4v) is 3.16. The highest BCUT2D eigenvalue weighted by atomic mass is 16.2. The number of carbonyl (C=O) groups excluding carboxylic acids is 3. The quantitative estimate of drug-likeness (QED) is 0.701. The van der Waals surface area contributed by atoms with Gasteiger partial charge in [0.1, 0.15) is 5.82 Å². The molecule has 0 spiro atoms. The van der Waals surface area contributed by atoms with E-state index >= 15 is 0 Å². The molecular formula is C17H20N6O3. The Balaban J connectivity index is 1.80. The average Bonchev–Trinajstić information content (AvgIpc) is 3.15. The summed E-state index contributed by atoms with van der Waals surface area (Å²) in [7, 11) is 0. The van der Waals surface area contributed by atoms with Crippen molar-refractivity contribution in [1.29, 1.82) is 0 Å². The molecule has 0 unspecified atom stereocenters. The van der Waals surface area contributed by atoms with E-state index in [0.29, 0.717) is 6.54 Å². The number of nitrogens with two attached hydrogens (primary N) is 1. The molecule has 1 saturated heterocycles. The van der Waals surface area contributed by atoms with Crippen molar-refractivity contribution in [3.8, 4) is 0 Å². The minimum absolute atomic E-state index is 0.0248. The molecular weight excluding hydrogens is 336 g/mol. The highest BCUT2D eigenvalue weighted by molar-refractivity contribution is 6.39. The molecule has 0 saturated carbocycles. The summed E-state index contributed by atoms with van der Waals surface area (Å²) in [6, 6.07) is 2.74. The first-order chi connectivity index (χ1) is 12.5. The smallest absolute Gasteiger partial charge is 0.315 e. The Bertz CT molecular complexity index is 820. The molecule has 9 heteroatoms. The number of nitrogens with zero attached hydrogens (tertiary/aromatic N) is 3. The Morgan fingerprint density at radius 3 is 2.85 bits per heavy atom. The van der Waals surface area contributed by atoms with E-state index in [-0.39, 0.29) is 23.3 Å². The number of pyridine rings is 1. The van der Waals surface area contributed by atoms with E-state index in [4.69, 9.17) is 5.73 Å². The van der Waals surface area contributed by atoms with Crippen molar-refractivity contribution < 1.29 is 14.4 Å². The molecule has 0 aliphatic carbocycles. The van der Waals surface area contributed by atoms with E-state index in [1.165, 1.54) is 18.3 Å². The van der Waals surface area contributed by atoms with Gasteiger partial charge < -0.3 is 16.0 Å². The third-order valence-corrected chi connectivity index (χ3v) is 4.48. The maximum Gasteiger partial charge on any atom is 0.315 e. The van der Waals surface area contributed by atoms with Crippen LogP contribution in [-0.2, 0) is 9.59 Å². The van der Waals surface area contributed by atoms with Crippen molar-refractivity contribution in [2.45, 2.75) is 25.8 Å². The zero-order valence-electron chi connectivity index (χ0n) is 14.3. The summed E-state index contributed by atoms with van der Waals surface area (Å²) in [5.74, 6) is -2.00. The number of aromatic amines is 1. The predicted octanol–water partition coefficient (Wildman–Crippen LogP) is 0.842. The second-order valence-electron chi connectivity index (χ2n) is 6.41. The molecule has 3 heterocycles. The summed E-state index contributed by atoms with van der Waals surface area (Å²) in [6.45, 7) is 2.50. The lowest BCUT2D eigenvalue weighted by atomic mass is 9.91. The standard InChI is InChI=1S/C17H20N6O3/c1-10-4-5-13(11-7-20-21-8-11)23(9-10)17(26)16(25)22-15-12(14(18)24)3-2-6-19-15/h2-3,6-8,10,13H,4-5,9H2,1H3,(H2,18,24)(H,20,21)(H,19,22,25)/t10-,13+/m1/s1. The summed E-state index contributed by atoms with van der Waals surface area (Å²) in [4.78, 5) is 42.2. The largest absolute Gasteiger partial charge is 0.365 e. The van der Waals surface area contributed by atoms with Crippen molar-refractivity contribution in [2.24, 2.45) is 11.7 Å². The van der Waals surface area contributed by atoms with Crippen molar-refractivity contribution >= 4 is 23.5 Å². The number of primary amides is 1. The van der Waals surface area contributed by atoms with Gasteiger partial charge in [0.25, 0.3) is 5.91 Å². The molecule has 2 aromatic heterocycles. The minimum atomic E-state index is -0.853. The van der Waals surface area contributed by atoms with Gasteiger partial charge >= 0.3 is 11.8 Å². The lowest BCUT2D eigenvalue weighted by molar-refractivity contribution is -0.146. The number of carbonyl (C=O) groups is 3. The van der Waals surface area contributed by atoms with Crippen LogP contribution in [0, 0.1) is 5.92 Å². The Kier molecular flexibility index (Phi) is 4.97. The van der Waals surface area contributed by atoms with Crippen LogP contribution in [0.5, 0.6) is 0 Å². The molecule has 4 N–H and O–H groups in total. The van der Waals surface area contributed by atoms with Crippen LogP contribution >= 0.6 is 0 Å². The third kappa shape index (κ3) is 3.56. The maximum atomic E-state index is 12.8. The molecule has 3 rings (SSSR count). The average molecular weight is 356 g/mol. The minimum Gasteiger partial charge on any atom is -0.365 e. The van der Waals surface area contributed by atoms with Crippen molar-refractivity contribution in [3.63, 3.8) is 0 Å². The van der Waals surface area contributed by atoms with Gasteiger partial charge in [0, 0.05) is 24.5 Å². The number of hydrogen-bond donors (Lipinski definition) is 3. The fourth-order valence-electron chi connectivity index (χ4n) is 3.16. The predicted molar refractivity (Wildman–Crippen MR) is 92.8 cm³/mol. The summed E-state index contributed by atoms with van der Waals surface area (Å²) in [5, 5.41) is 9.07. The molecule has 136 valence electrons. The first-order valence-corrected chi connectivity index (χ1v) is 8.32. The van der Waals surface area contributed by atoms with Crippen LogP contribution in [0.1, 0.15) is 41.7 Å². The van der Waals surface area contributed by atoms with Gasteiger partial charge in [-0.1, -0.05) is 6.92 Å². The zero-order valence-corrected chi connectivity index (χ0v) is 14.3. The molecule has 1 fully saturated rings. The van der Waals surface area contributed by atoms with Crippen LogP contribution in [0.2, 0.25) is 0 Å². The van der Waals surface area contributed by atoms with E-state index in [1.807, 2.05) is 6.92 Å². The van der Waals surface area contributed by atoms with Gasteiger partial charge in [0.05, 0.1) is 17.8 Å². The lowest BCUT2D eigenvalue weighted by Gasteiger charge is -2.37. The Labute approximate surface area is 150 Å². The Morgan fingerprint density at radius 1 is 1.35 bits per heavy atom. The highest BCUT2D eigenvalue weighted by Crippen LogP contribution is 2.33. The number of nitrogens with one attached hydrogen (secondary N) is 2. The number of H-pyrrole nitrogens is 1. The van der Waals surface area contributed by atoms with Gasteiger partial charge in [-0.05, 0) is 30.9 Å². The van der Waals surface area contributed by atoms with Crippen LogP contribution < -0.4 is 11.1 Å². The number of anilines is 1. The summed E-state index contributed by atoms with van der Waals surface area (Å²) >= 11 is 0. The van der Waals surface area contributed by atoms with Crippen LogP contribution in [-0.4, -0.2) is 44.3 Å². The van der Waals surface area contributed by atoms with Gasteiger partial charge in [0.15, 0.2) is 0 Å². The normalized spacial score (nSPS) is 19.8. The van der Waals surface area contributed by atoms with Gasteiger partial charge in [0.2, 0.25) is 0 Å². The van der Waals surface area contributed by atoms with Crippen molar-refractivity contribution in [1.82, 2.24) is 20.1 Å². The monoisotopic (exact) mass is 356 g/mol. The Hall–Kier alpha value is -3.23. The maximum absolute atomic E-state index is 12.8.